The molecule has 13 nitrogen and oxygen atoms in total. The molecule has 1 amide bonds. The maximum absolute atomic E-state index is 14.7. The van der Waals surface area contributed by atoms with E-state index >= 15 is 0 Å². The summed E-state index contributed by atoms with van der Waals surface area (Å²) in [6.07, 6.45) is 8.44. The van der Waals surface area contributed by atoms with Crippen LogP contribution in [0.2, 0.25) is 0 Å². The summed E-state index contributed by atoms with van der Waals surface area (Å²) in [6.45, 7) is 6.71. The van der Waals surface area contributed by atoms with Gasteiger partial charge in [0.2, 0.25) is 5.79 Å². The lowest BCUT2D eigenvalue weighted by atomic mass is 9.55. The summed E-state index contributed by atoms with van der Waals surface area (Å²) in [5, 5.41) is 38.6. The Kier molecular flexibility index (Phi) is 15.3. The van der Waals surface area contributed by atoms with E-state index in [1.807, 2.05) is 79.7 Å². The summed E-state index contributed by atoms with van der Waals surface area (Å²) < 4.78 is 27.1. The smallest absolute Gasteiger partial charge is 0.415 e. The number of aliphatic hydroxyl groups excluding tert-OH is 2. The number of hydrogen-bond donors (Lipinski definition) is 2. The molecule has 350 valence electrons. The number of nitro groups is 1. The summed E-state index contributed by atoms with van der Waals surface area (Å²) in [7, 11) is 0. The molecule has 1 saturated carbocycles. The van der Waals surface area contributed by atoms with Crippen molar-refractivity contribution in [1.82, 2.24) is 4.90 Å². The molecule has 13 heteroatoms. The van der Waals surface area contributed by atoms with E-state index in [0.717, 1.165) is 53.2 Å². The molecule has 8 rings (SSSR count). The van der Waals surface area contributed by atoms with Crippen molar-refractivity contribution in [3.8, 4) is 23.0 Å². The molecule has 0 aromatic heterocycles. The molecule has 0 radical (unpaired) electrons. The van der Waals surface area contributed by atoms with Crippen LogP contribution in [0.3, 0.4) is 0 Å². The van der Waals surface area contributed by atoms with Gasteiger partial charge in [-0.25, -0.2) is 4.79 Å². The topological polar surface area (TPSA) is 162 Å². The predicted molar refractivity (Wildman–Crippen MR) is 256 cm³/mol. The van der Waals surface area contributed by atoms with Crippen molar-refractivity contribution in [3.63, 3.8) is 0 Å². The van der Waals surface area contributed by atoms with Crippen molar-refractivity contribution < 1.29 is 43.7 Å². The molecule has 2 aliphatic carbocycles. The lowest BCUT2D eigenvalue weighted by Gasteiger charge is -2.59. The standard InChI is InChI=1S/C54H59N3O10/c1-3-28-56(53(60)66-42-24-21-41(22-25-42)57(61)62)50-35-48(55-64-36-37-14-6-5-7-15-37)46-33-40(18-10-12-29-58)45(19-11-13-30-59)51-47-34-44(65-43-23-20-38-16-8-9-17-39(38)32-43)26-27-49(47)67-54(50,52(46)51)63-31-4-2/h4-9,14-17,20-27,32-34,40,45,50-52,58-59H,2-3,10-13,18-19,28-31,35-36H2,1H3/t40-,45+,50-,51+,52+,54+/m0/s1. The number of benzene rings is 5. The van der Waals surface area contributed by atoms with Gasteiger partial charge in [-0.2, -0.15) is 0 Å². The Balaban J connectivity index is 1.30. The number of unbranched alkanes of at least 4 members (excludes halogenated alkanes) is 2. The summed E-state index contributed by atoms with van der Waals surface area (Å²) in [6, 6.07) is 34.4. The highest BCUT2D eigenvalue weighted by Gasteiger charge is 2.65. The number of carbonyl (C=O) groups is 1. The van der Waals surface area contributed by atoms with E-state index in [4.69, 9.17) is 28.9 Å². The van der Waals surface area contributed by atoms with Gasteiger partial charge in [-0.3, -0.25) is 15.0 Å². The van der Waals surface area contributed by atoms with E-state index in [1.165, 1.54) is 24.3 Å². The minimum Gasteiger partial charge on any atom is -0.459 e. The minimum absolute atomic E-state index is 0.00110. The second-order valence-electron chi connectivity index (χ2n) is 17.5. The van der Waals surface area contributed by atoms with Crippen LogP contribution in [-0.2, 0) is 16.2 Å². The Hall–Kier alpha value is -6.54. The summed E-state index contributed by atoms with van der Waals surface area (Å²) >= 11 is 0. The normalized spacial score (nSPS) is 22.2. The van der Waals surface area contributed by atoms with Crippen LogP contribution < -0.4 is 14.2 Å². The van der Waals surface area contributed by atoms with Crippen molar-refractivity contribution in [1.29, 1.82) is 0 Å². The Labute approximate surface area is 391 Å². The number of oxime groups is 1. The first-order chi connectivity index (χ1) is 32.8. The van der Waals surface area contributed by atoms with Gasteiger partial charge in [0.25, 0.3) is 5.69 Å². The average molecular weight is 910 g/mol. The van der Waals surface area contributed by atoms with E-state index < -0.39 is 28.8 Å². The number of rotatable bonds is 21. The lowest BCUT2D eigenvalue weighted by Crippen LogP contribution is -2.70. The molecule has 0 spiro atoms. The van der Waals surface area contributed by atoms with Crippen LogP contribution >= 0.6 is 0 Å². The third-order valence-electron chi connectivity index (χ3n) is 13.2. The van der Waals surface area contributed by atoms with Crippen molar-refractivity contribution in [2.75, 3.05) is 26.4 Å². The van der Waals surface area contributed by atoms with Crippen LogP contribution in [0, 0.1) is 27.9 Å². The molecule has 5 aromatic rings. The monoisotopic (exact) mass is 909 g/mol. The number of nitrogens with zero attached hydrogens (tertiary/aromatic N) is 3. The molecular formula is C54H59N3O10. The number of amides is 1. The minimum atomic E-state index is -1.51. The fourth-order valence-corrected chi connectivity index (χ4v) is 10.2. The van der Waals surface area contributed by atoms with Gasteiger partial charge in [-0.15, -0.1) is 6.58 Å². The van der Waals surface area contributed by atoms with Crippen LogP contribution in [0.5, 0.6) is 23.0 Å². The van der Waals surface area contributed by atoms with Crippen molar-refractivity contribution in [3.05, 3.63) is 161 Å². The van der Waals surface area contributed by atoms with Gasteiger partial charge >= 0.3 is 6.09 Å². The Morgan fingerprint density at radius 1 is 0.896 bits per heavy atom. The van der Waals surface area contributed by atoms with Gasteiger partial charge in [0.1, 0.15) is 35.6 Å². The number of aliphatic hydroxyl groups is 2. The van der Waals surface area contributed by atoms with Crippen LogP contribution in [-0.4, -0.2) is 70.0 Å². The van der Waals surface area contributed by atoms with Crippen molar-refractivity contribution >= 4 is 28.3 Å². The summed E-state index contributed by atoms with van der Waals surface area (Å²) in [4.78, 5) is 33.6. The predicted octanol–water partition coefficient (Wildman–Crippen LogP) is 11.3. The maximum Gasteiger partial charge on any atom is 0.415 e. The molecular weight excluding hydrogens is 851 g/mol. The highest BCUT2D eigenvalue weighted by molar-refractivity contribution is 6.03. The van der Waals surface area contributed by atoms with Crippen molar-refractivity contribution in [2.45, 2.75) is 82.6 Å². The number of ether oxygens (including phenoxy) is 4. The largest absolute Gasteiger partial charge is 0.459 e. The second-order valence-corrected chi connectivity index (χ2v) is 17.5. The molecule has 1 heterocycles. The lowest BCUT2D eigenvalue weighted by molar-refractivity contribution is -0.384. The molecule has 67 heavy (non-hydrogen) atoms. The number of fused-ring (bicyclic) bond motifs is 3. The van der Waals surface area contributed by atoms with Gasteiger partial charge in [-0.05, 0) is 108 Å². The van der Waals surface area contributed by atoms with Gasteiger partial charge in [0.05, 0.1) is 23.2 Å². The maximum atomic E-state index is 14.7. The van der Waals surface area contributed by atoms with E-state index in [-0.39, 0.29) is 68.6 Å². The van der Waals surface area contributed by atoms with Gasteiger partial charge in [0, 0.05) is 49.8 Å². The van der Waals surface area contributed by atoms with E-state index in [1.54, 1.807) is 11.0 Å². The zero-order valence-electron chi connectivity index (χ0n) is 37.9. The quantitative estimate of drug-likeness (QED) is 0.0314. The first-order valence-corrected chi connectivity index (χ1v) is 23.4. The molecule has 0 bridgehead atoms. The number of allylic oxidation sites excluding steroid dienone is 1. The summed E-state index contributed by atoms with van der Waals surface area (Å²) in [5.74, 6) is -0.244. The number of carbonyl (C=O) groups excluding carboxylic acids is 1. The molecule has 1 aliphatic heterocycles. The molecule has 5 aromatic carbocycles. The van der Waals surface area contributed by atoms with Gasteiger partial charge < -0.3 is 34.0 Å². The highest BCUT2D eigenvalue weighted by Crippen LogP contribution is 2.62. The number of hydrogen-bond acceptors (Lipinski definition) is 11. The van der Waals surface area contributed by atoms with Gasteiger partial charge in [0.15, 0.2) is 0 Å². The van der Waals surface area contributed by atoms with Crippen molar-refractivity contribution in [2.24, 2.45) is 22.9 Å². The van der Waals surface area contributed by atoms with Crippen LogP contribution in [0.15, 0.2) is 145 Å². The molecule has 6 atom stereocenters. The fourth-order valence-electron chi connectivity index (χ4n) is 10.2. The van der Waals surface area contributed by atoms with Gasteiger partial charge in [-0.1, -0.05) is 97.7 Å². The zero-order chi connectivity index (χ0) is 46.8. The molecule has 3 aliphatic rings. The summed E-state index contributed by atoms with van der Waals surface area (Å²) in [5.41, 5.74) is 3.29. The molecule has 2 N–H and O–H groups in total. The fraction of sp³-hybridized carbons (Fsp3) is 0.370. The van der Waals surface area contributed by atoms with Crippen LogP contribution in [0.1, 0.15) is 75.3 Å². The third kappa shape index (κ3) is 10.4. The van der Waals surface area contributed by atoms with E-state index in [2.05, 4.69) is 30.9 Å². The van der Waals surface area contributed by atoms with E-state index in [9.17, 15) is 25.1 Å². The molecule has 0 unspecified atom stereocenters. The van der Waals surface area contributed by atoms with E-state index in [0.29, 0.717) is 42.2 Å². The first-order valence-electron chi connectivity index (χ1n) is 23.4. The second kappa shape index (κ2) is 21.8. The average Bonchev–Trinajstić information content (AvgIpc) is 3.34. The Morgan fingerprint density at radius 3 is 2.33 bits per heavy atom. The zero-order valence-corrected chi connectivity index (χ0v) is 37.9. The SMILES string of the molecule is C=CCO[C@@]12Oc3ccc(Oc4ccc5ccccc5c4)cc3[C@H]3[C@H](CCCCO)[C@@H](CCCCO)C=C(C(=NOCc4ccccc4)C[C@@H]1N(CCC)C(=O)Oc1ccc([N+](=O)[O-])cc1)[C@H]32. The Morgan fingerprint density at radius 2 is 1.60 bits per heavy atom. The third-order valence-corrected chi connectivity index (χ3v) is 13.2. The molecule has 1 fully saturated rings. The Bertz CT molecular complexity index is 2560. The first kappa shape index (κ1) is 47.0. The number of non-ortho nitro benzene ring substituents is 1. The highest BCUT2D eigenvalue weighted by atomic mass is 16.7. The number of nitro benzene ring substituents is 1. The van der Waals surface area contributed by atoms with Crippen LogP contribution in [0.4, 0.5) is 10.5 Å². The molecule has 0 saturated heterocycles. The van der Waals surface area contributed by atoms with Crippen LogP contribution in [0.25, 0.3) is 10.8 Å².